The first-order valence-corrected chi connectivity index (χ1v) is 4.84. The zero-order valence-electron chi connectivity index (χ0n) is 8.89. The van der Waals surface area contributed by atoms with Crippen molar-refractivity contribution in [2.75, 3.05) is 12.1 Å². The molecule has 2 heteroatoms. The fourth-order valence-corrected chi connectivity index (χ4v) is 1.42. The predicted molar refractivity (Wildman–Crippen MR) is 57.8 cm³/mol. The Morgan fingerprint density at radius 1 is 1.31 bits per heavy atom. The van der Waals surface area contributed by atoms with Crippen LogP contribution < -0.4 is 10.4 Å². The van der Waals surface area contributed by atoms with Gasteiger partial charge in [-0.3, -0.25) is 0 Å². The van der Waals surface area contributed by atoms with Gasteiger partial charge in [0, 0.05) is 13.6 Å². The topological polar surface area (TPSA) is 15.3 Å². The molecule has 0 atom stereocenters. The second-order valence-corrected chi connectivity index (χ2v) is 3.03. The number of aryl methyl sites for hydroxylation is 1. The highest BCUT2D eigenvalue weighted by molar-refractivity contribution is 5.56. The Kier molecular flexibility index (Phi) is 3.32. The lowest BCUT2D eigenvalue weighted by Crippen LogP contribution is -2.26. The van der Waals surface area contributed by atoms with Gasteiger partial charge in [-0.05, 0) is 24.1 Å². The normalized spacial score (nSPS) is 13.4. The van der Waals surface area contributed by atoms with Crippen LogP contribution in [0.3, 0.4) is 0 Å². The predicted octanol–water partition coefficient (Wildman–Crippen LogP) is 2.48. The quantitative estimate of drug-likeness (QED) is 0.656. The van der Waals surface area contributed by atoms with Gasteiger partial charge in [-0.25, -0.2) is 5.43 Å². The molecule has 1 aliphatic heterocycles. The molecule has 1 aromatic carbocycles. The van der Waals surface area contributed by atoms with Gasteiger partial charge < -0.3 is 5.01 Å². The number of benzene rings is 1. The van der Waals surface area contributed by atoms with Crippen LogP contribution in [-0.4, -0.2) is 7.05 Å². The standard InChI is InChI=1S/C9H12N2.C2H6/c1-7-3-4-8-6-10-11(2)9(8)5-7;1-2/h3-5,10H,6H2,1-2H3;1-2H3. The fourth-order valence-electron chi connectivity index (χ4n) is 1.42. The Bertz CT molecular complexity index is 281. The molecule has 0 aliphatic carbocycles. The average Bonchev–Trinajstić information content (AvgIpc) is 2.52. The molecule has 0 radical (unpaired) electrons. The van der Waals surface area contributed by atoms with E-state index in [0.29, 0.717) is 0 Å². The van der Waals surface area contributed by atoms with Crippen molar-refractivity contribution in [2.24, 2.45) is 0 Å². The third kappa shape index (κ3) is 2.01. The van der Waals surface area contributed by atoms with E-state index in [1.807, 2.05) is 20.9 Å². The molecule has 2 rings (SSSR count). The largest absolute Gasteiger partial charge is 0.311 e. The van der Waals surface area contributed by atoms with E-state index in [9.17, 15) is 0 Å². The fraction of sp³-hybridized carbons (Fsp3) is 0.455. The first kappa shape index (κ1) is 10.1. The van der Waals surface area contributed by atoms with Crippen molar-refractivity contribution in [1.29, 1.82) is 0 Å². The first-order valence-electron chi connectivity index (χ1n) is 4.84. The van der Waals surface area contributed by atoms with E-state index < -0.39 is 0 Å². The average molecular weight is 178 g/mol. The van der Waals surface area contributed by atoms with E-state index in [4.69, 9.17) is 0 Å². The smallest absolute Gasteiger partial charge is 0.0564 e. The molecule has 1 aromatic rings. The van der Waals surface area contributed by atoms with Gasteiger partial charge in [0.1, 0.15) is 0 Å². The van der Waals surface area contributed by atoms with Crippen LogP contribution in [0.25, 0.3) is 0 Å². The van der Waals surface area contributed by atoms with Crippen LogP contribution in [0.5, 0.6) is 0 Å². The van der Waals surface area contributed by atoms with Crippen molar-refractivity contribution in [2.45, 2.75) is 27.3 Å². The minimum absolute atomic E-state index is 0.964. The summed E-state index contributed by atoms with van der Waals surface area (Å²) in [6, 6.07) is 6.54. The number of anilines is 1. The summed E-state index contributed by atoms with van der Waals surface area (Å²) in [6.45, 7) is 7.08. The van der Waals surface area contributed by atoms with E-state index in [1.54, 1.807) is 0 Å². The van der Waals surface area contributed by atoms with Gasteiger partial charge in [0.05, 0.1) is 5.69 Å². The molecule has 1 heterocycles. The number of rotatable bonds is 0. The van der Waals surface area contributed by atoms with Crippen molar-refractivity contribution >= 4 is 5.69 Å². The maximum absolute atomic E-state index is 3.25. The third-order valence-corrected chi connectivity index (χ3v) is 2.11. The summed E-state index contributed by atoms with van der Waals surface area (Å²) in [7, 11) is 2.05. The molecular weight excluding hydrogens is 160 g/mol. The molecule has 72 valence electrons. The number of hydrazine groups is 1. The monoisotopic (exact) mass is 178 g/mol. The van der Waals surface area contributed by atoms with Gasteiger partial charge in [0.2, 0.25) is 0 Å². The maximum atomic E-state index is 3.25. The van der Waals surface area contributed by atoms with Crippen LogP contribution in [0.1, 0.15) is 25.0 Å². The van der Waals surface area contributed by atoms with Crippen LogP contribution in [0.2, 0.25) is 0 Å². The zero-order chi connectivity index (χ0) is 9.84. The second kappa shape index (κ2) is 4.28. The van der Waals surface area contributed by atoms with Crippen molar-refractivity contribution in [3.8, 4) is 0 Å². The molecule has 0 bridgehead atoms. The summed E-state index contributed by atoms with van der Waals surface area (Å²) < 4.78 is 0. The van der Waals surface area contributed by atoms with Crippen molar-refractivity contribution in [3.05, 3.63) is 29.3 Å². The van der Waals surface area contributed by atoms with Crippen LogP contribution >= 0.6 is 0 Å². The maximum Gasteiger partial charge on any atom is 0.0564 e. The van der Waals surface area contributed by atoms with Crippen LogP contribution in [-0.2, 0) is 6.54 Å². The highest BCUT2D eigenvalue weighted by atomic mass is 15.5. The van der Waals surface area contributed by atoms with Crippen molar-refractivity contribution in [3.63, 3.8) is 0 Å². The SMILES string of the molecule is CC.Cc1ccc2c(c1)N(C)NC2. The third-order valence-electron chi connectivity index (χ3n) is 2.11. The van der Waals surface area contributed by atoms with Gasteiger partial charge in [0.25, 0.3) is 0 Å². The molecular formula is C11H18N2. The van der Waals surface area contributed by atoms with Gasteiger partial charge >= 0.3 is 0 Å². The second-order valence-electron chi connectivity index (χ2n) is 3.03. The Labute approximate surface area is 80.5 Å². The van der Waals surface area contributed by atoms with E-state index in [2.05, 4.69) is 35.6 Å². The molecule has 1 N–H and O–H groups in total. The molecule has 0 saturated heterocycles. The summed E-state index contributed by atoms with van der Waals surface area (Å²) >= 11 is 0. The van der Waals surface area contributed by atoms with Gasteiger partial charge in [0.15, 0.2) is 0 Å². The Balaban J connectivity index is 0.000000396. The Morgan fingerprint density at radius 2 is 2.00 bits per heavy atom. The number of hydrogen-bond donors (Lipinski definition) is 1. The van der Waals surface area contributed by atoms with E-state index in [1.165, 1.54) is 16.8 Å². The molecule has 0 unspecified atom stereocenters. The summed E-state index contributed by atoms with van der Waals surface area (Å²) in [5.41, 5.74) is 7.26. The van der Waals surface area contributed by atoms with Gasteiger partial charge in [-0.2, -0.15) is 0 Å². The minimum Gasteiger partial charge on any atom is -0.311 e. The minimum atomic E-state index is 0.964. The summed E-state index contributed by atoms with van der Waals surface area (Å²) in [5.74, 6) is 0. The molecule has 2 nitrogen and oxygen atoms in total. The molecule has 0 aromatic heterocycles. The summed E-state index contributed by atoms with van der Waals surface area (Å²) in [5, 5.41) is 2.07. The lowest BCUT2D eigenvalue weighted by molar-refractivity contribution is 0.734. The van der Waals surface area contributed by atoms with Crippen molar-refractivity contribution in [1.82, 2.24) is 5.43 Å². The molecule has 0 amide bonds. The molecule has 0 fully saturated rings. The van der Waals surface area contributed by atoms with Crippen LogP contribution in [0.15, 0.2) is 18.2 Å². The highest BCUT2D eigenvalue weighted by Gasteiger charge is 2.13. The zero-order valence-corrected chi connectivity index (χ0v) is 8.89. The Morgan fingerprint density at radius 3 is 2.69 bits per heavy atom. The van der Waals surface area contributed by atoms with E-state index >= 15 is 0 Å². The van der Waals surface area contributed by atoms with Crippen LogP contribution in [0.4, 0.5) is 5.69 Å². The number of nitrogens with zero attached hydrogens (tertiary/aromatic N) is 1. The number of nitrogens with one attached hydrogen (secondary N) is 1. The molecule has 13 heavy (non-hydrogen) atoms. The molecule has 1 aliphatic rings. The lowest BCUT2D eigenvalue weighted by Gasteiger charge is -2.11. The molecule has 0 saturated carbocycles. The van der Waals surface area contributed by atoms with Crippen LogP contribution in [0, 0.1) is 6.92 Å². The van der Waals surface area contributed by atoms with E-state index in [0.717, 1.165) is 6.54 Å². The summed E-state index contributed by atoms with van der Waals surface area (Å²) in [4.78, 5) is 0. The lowest BCUT2D eigenvalue weighted by atomic mass is 10.1. The Hall–Kier alpha value is -1.02. The molecule has 0 spiro atoms. The number of hydrogen-bond acceptors (Lipinski definition) is 2. The highest BCUT2D eigenvalue weighted by Crippen LogP contribution is 2.24. The van der Waals surface area contributed by atoms with E-state index in [-0.39, 0.29) is 0 Å². The van der Waals surface area contributed by atoms with Gasteiger partial charge in [-0.15, -0.1) is 0 Å². The number of fused-ring (bicyclic) bond motifs is 1. The van der Waals surface area contributed by atoms with Gasteiger partial charge in [-0.1, -0.05) is 26.0 Å². The summed E-state index contributed by atoms with van der Waals surface area (Å²) in [6.07, 6.45) is 0. The van der Waals surface area contributed by atoms with Crippen molar-refractivity contribution < 1.29 is 0 Å². The first-order chi connectivity index (χ1) is 6.27.